The molecule has 2 heterocycles. The van der Waals surface area contributed by atoms with Gasteiger partial charge in [0, 0.05) is 42.4 Å². The average Bonchev–Trinajstić information content (AvgIpc) is 3.04. The molecule has 1 saturated heterocycles. The molecule has 1 aliphatic carbocycles. The molecule has 0 bridgehead atoms. The molecule has 1 aliphatic heterocycles. The van der Waals surface area contributed by atoms with Crippen molar-refractivity contribution in [3.05, 3.63) is 144 Å². The third kappa shape index (κ3) is 6.63. The van der Waals surface area contributed by atoms with Crippen LogP contribution in [0, 0.1) is 11.3 Å². The zero-order chi connectivity index (χ0) is 29.6. The molecule has 2 aliphatic rings. The Bertz CT molecular complexity index is 1630. The zero-order valence-corrected chi connectivity index (χ0v) is 25.0. The van der Waals surface area contributed by atoms with Crippen molar-refractivity contribution in [1.82, 2.24) is 4.98 Å². The van der Waals surface area contributed by atoms with Gasteiger partial charge >= 0.3 is 0 Å². The second-order valence-electron chi connectivity index (χ2n) is 12.2. The molecule has 4 aromatic carbocycles. The Morgan fingerprint density at radius 2 is 1.18 bits per heavy atom. The minimum absolute atomic E-state index is 0.440. The fourth-order valence-corrected chi connectivity index (χ4v) is 6.55. The molecule has 0 N–H and O–H groups in total. The molecule has 222 valence electrons. The second kappa shape index (κ2) is 12.9. The van der Waals surface area contributed by atoms with Gasteiger partial charge in [-0.15, -0.1) is 0 Å². The van der Waals surface area contributed by atoms with Gasteiger partial charge in [-0.25, -0.2) is 0 Å². The normalized spacial score (nSPS) is 15.4. The number of benzene rings is 4. The highest BCUT2D eigenvalue weighted by atomic mass is 16.5. The summed E-state index contributed by atoms with van der Waals surface area (Å²) in [5.41, 5.74) is 7.22. The summed E-state index contributed by atoms with van der Waals surface area (Å²) in [6.07, 6.45) is 2.53. The van der Waals surface area contributed by atoms with Crippen LogP contribution in [0.25, 0.3) is 11.1 Å². The van der Waals surface area contributed by atoms with Gasteiger partial charge in [0.15, 0.2) is 0 Å². The molecule has 5 heteroatoms. The molecule has 1 spiro atoms. The lowest BCUT2D eigenvalue weighted by Gasteiger charge is -2.60. The fraction of sp³-hybridized carbons (Fsp3) is 0.256. The molecule has 0 radical (unpaired) electrons. The van der Waals surface area contributed by atoms with Crippen LogP contribution in [-0.2, 0) is 24.6 Å². The van der Waals surface area contributed by atoms with Crippen LogP contribution in [0.5, 0.6) is 11.8 Å². The van der Waals surface area contributed by atoms with E-state index in [2.05, 4.69) is 71.6 Å². The Balaban J connectivity index is 0.967. The highest BCUT2D eigenvalue weighted by molar-refractivity contribution is 5.71. The van der Waals surface area contributed by atoms with E-state index >= 15 is 0 Å². The summed E-state index contributed by atoms with van der Waals surface area (Å²) in [5, 5.41) is 0. The van der Waals surface area contributed by atoms with Crippen molar-refractivity contribution in [2.45, 2.75) is 32.7 Å². The Labute approximate surface area is 260 Å². The predicted molar refractivity (Wildman–Crippen MR) is 175 cm³/mol. The summed E-state index contributed by atoms with van der Waals surface area (Å²) in [4.78, 5) is 7.28. The van der Waals surface area contributed by atoms with E-state index in [9.17, 15) is 0 Å². The maximum absolute atomic E-state index is 6.28. The van der Waals surface area contributed by atoms with Crippen molar-refractivity contribution < 1.29 is 14.2 Å². The van der Waals surface area contributed by atoms with Crippen molar-refractivity contribution in [1.29, 1.82) is 0 Å². The molecule has 7 rings (SSSR count). The van der Waals surface area contributed by atoms with Crippen LogP contribution in [0.15, 0.2) is 127 Å². The first-order valence-electron chi connectivity index (χ1n) is 15.5. The largest absolute Gasteiger partial charge is 0.473 e. The van der Waals surface area contributed by atoms with Crippen molar-refractivity contribution in [3.8, 4) is 22.9 Å². The molecular weight excluding hydrogens is 544 g/mol. The van der Waals surface area contributed by atoms with Gasteiger partial charge in [0.2, 0.25) is 11.8 Å². The first-order valence-corrected chi connectivity index (χ1v) is 15.5. The number of hydrogen-bond acceptors (Lipinski definition) is 5. The van der Waals surface area contributed by atoms with Crippen LogP contribution in [0.1, 0.15) is 29.5 Å². The Morgan fingerprint density at radius 1 is 0.614 bits per heavy atom. The van der Waals surface area contributed by atoms with E-state index < -0.39 is 0 Å². The molecule has 44 heavy (non-hydrogen) atoms. The third-order valence-corrected chi connectivity index (χ3v) is 8.79. The number of ether oxygens (including phenoxy) is 3. The van der Waals surface area contributed by atoms with Gasteiger partial charge in [-0.3, -0.25) is 0 Å². The lowest BCUT2D eigenvalue weighted by Crippen LogP contribution is -2.63. The molecule has 5 nitrogen and oxygen atoms in total. The molecular formula is C39H38N2O3. The van der Waals surface area contributed by atoms with Crippen molar-refractivity contribution >= 4 is 5.69 Å². The molecule has 0 atom stereocenters. The highest BCUT2D eigenvalue weighted by Crippen LogP contribution is 2.53. The predicted octanol–water partition coefficient (Wildman–Crippen LogP) is 8.34. The van der Waals surface area contributed by atoms with E-state index in [4.69, 9.17) is 19.2 Å². The maximum atomic E-state index is 6.28. The highest BCUT2D eigenvalue weighted by Gasteiger charge is 2.52. The number of nitrogens with zero attached hydrogens (tertiary/aromatic N) is 2. The van der Waals surface area contributed by atoms with E-state index in [1.54, 1.807) is 0 Å². The zero-order valence-electron chi connectivity index (χ0n) is 25.0. The summed E-state index contributed by atoms with van der Waals surface area (Å²) >= 11 is 0. The first kappa shape index (κ1) is 28.2. The van der Waals surface area contributed by atoms with E-state index in [-0.39, 0.29) is 0 Å². The Kier molecular flexibility index (Phi) is 8.29. The third-order valence-electron chi connectivity index (χ3n) is 8.79. The van der Waals surface area contributed by atoms with Gasteiger partial charge in [0.1, 0.15) is 13.2 Å². The van der Waals surface area contributed by atoms with Gasteiger partial charge in [-0.05, 0) is 59.2 Å². The van der Waals surface area contributed by atoms with Crippen LogP contribution < -0.4 is 14.4 Å². The Morgan fingerprint density at radius 3 is 1.80 bits per heavy atom. The average molecular weight is 583 g/mol. The Hall–Kier alpha value is -4.61. The lowest BCUT2D eigenvalue weighted by atomic mass is 9.58. The number of rotatable bonds is 12. The van der Waals surface area contributed by atoms with Gasteiger partial charge in [-0.1, -0.05) is 103 Å². The number of aromatic nitrogens is 1. The van der Waals surface area contributed by atoms with E-state index in [1.807, 2.05) is 60.7 Å². The number of anilines is 1. The monoisotopic (exact) mass is 582 g/mol. The van der Waals surface area contributed by atoms with Crippen LogP contribution in [0.3, 0.4) is 0 Å². The van der Waals surface area contributed by atoms with Gasteiger partial charge < -0.3 is 19.1 Å². The van der Waals surface area contributed by atoms with Crippen LogP contribution in [0.2, 0.25) is 0 Å². The quantitative estimate of drug-likeness (QED) is 0.148. The first-order chi connectivity index (χ1) is 21.7. The molecule has 5 aromatic rings. The minimum Gasteiger partial charge on any atom is -0.473 e. The molecule has 1 saturated carbocycles. The van der Waals surface area contributed by atoms with Gasteiger partial charge in [0.25, 0.3) is 0 Å². The SMILES string of the molecule is c1ccc(COCC2CC3(C2)CN(c2ccc(-c4ccc(OCc5ccccc5)nc4OCc4ccccc4)cc2)C3)cc1. The molecule has 0 unspecified atom stereocenters. The smallest absolute Gasteiger partial charge is 0.225 e. The number of pyridine rings is 1. The van der Waals surface area contributed by atoms with Crippen LogP contribution in [-0.4, -0.2) is 24.7 Å². The summed E-state index contributed by atoms with van der Waals surface area (Å²) in [6, 6.07) is 43.5. The van der Waals surface area contributed by atoms with Crippen LogP contribution in [0.4, 0.5) is 5.69 Å². The molecule has 2 fully saturated rings. The fourth-order valence-electron chi connectivity index (χ4n) is 6.55. The summed E-state index contributed by atoms with van der Waals surface area (Å²) < 4.78 is 18.3. The van der Waals surface area contributed by atoms with Crippen LogP contribution >= 0.6 is 0 Å². The van der Waals surface area contributed by atoms with Gasteiger partial charge in [-0.2, -0.15) is 4.98 Å². The summed E-state index contributed by atoms with van der Waals surface area (Å²) in [7, 11) is 0. The minimum atomic E-state index is 0.440. The maximum Gasteiger partial charge on any atom is 0.225 e. The standard InChI is InChI=1S/C39H38N2O3/c1-4-10-30(11-5-1)24-42-25-33-22-39(23-33)28-41(29-39)35-18-16-34(17-19-35)36-20-21-37(43-26-31-12-6-2-7-13-31)40-38(36)44-27-32-14-8-3-9-15-32/h1-21,33H,22-29H2. The number of hydrogen-bond donors (Lipinski definition) is 0. The summed E-state index contributed by atoms with van der Waals surface area (Å²) in [6.45, 7) is 4.73. The van der Waals surface area contributed by atoms with E-state index in [0.717, 1.165) is 42.0 Å². The van der Waals surface area contributed by atoms with Crippen molar-refractivity contribution in [2.24, 2.45) is 11.3 Å². The van der Waals surface area contributed by atoms with Crippen molar-refractivity contribution in [3.63, 3.8) is 0 Å². The van der Waals surface area contributed by atoms with E-state index in [0.29, 0.717) is 42.9 Å². The second-order valence-corrected chi connectivity index (χ2v) is 12.2. The van der Waals surface area contributed by atoms with Gasteiger partial charge in [0.05, 0.1) is 6.61 Å². The topological polar surface area (TPSA) is 43.8 Å². The lowest BCUT2D eigenvalue weighted by molar-refractivity contribution is -0.0339. The summed E-state index contributed by atoms with van der Waals surface area (Å²) in [5.74, 6) is 1.81. The van der Waals surface area contributed by atoms with Crippen molar-refractivity contribution in [2.75, 3.05) is 24.6 Å². The molecule has 1 aromatic heterocycles. The van der Waals surface area contributed by atoms with E-state index in [1.165, 1.54) is 24.1 Å². The molecule has 0 amide bonds.